The minimum absolute atomic E-state index is 0.339. The molecule has 16 heavy (non-hydrogen) atoms. The third kappa shape index (κ3) is 2.24. The van der Waals surface area contributed by atoms with Gasteiger partial charge in [-0.3, -0.25) is 0 Å². The summed E-state index contributed by atoms with van der Waals surface area (Å²) in [6.45, 7) is 4.52. The minimum atomic E-state index is 0.339. The average molecular weight is 222 g/mol. The largest absolute Gasteiger partial charge is 0.478 e. The summed E-state index contributed by atoms with van der Waals surface area (Å²) >= 11 is 0. The number of hydrogen-bond donors (Lipinski definition) is 2. The molecule has 5 heteroatoms. The number of ether oxygens (including phenoxy) is 1. The Hall–Kier alpha value is -1.36. The van der Waals surface area contributed by atoms with Crippen LogP contribution < -0.4 is 15.8 Å². The van der Waals surface area contributed by atoms with Crippen LogP contribution in [0, 0.1) is 6.92 Å². The number of aromatic nitrogens is 2. The summed E-state index contributed by atoms with van der Waals surface area (Å²) in [5.41, 5.74) is 6.70. The Labute approximate surface area is 95.4 Å². The lowest BCUT2D eigenvalue weighted by Gasteiger charge is -2.33. The minimum Gasteiger partial charge on any atom is -0.478 e. The van der Waals surface area contributed by atoms with Crippen LogP contribution in [0.15, 0.2) is 6.33 Å². The van der Waals surface area contributed by atoms with Gasteiger partial charge in [0.05, 0.1) is 12.2 Å². The van der Waals surface area contributed by atoms with E-state index in [0.717, 1.165) is 24.2 Å². The van der Waals surface area contributed by atoms with Crippen molar-refractivity contribution in [3.8, 4) is 5.88 Å². The van der Waals surface area contributed by atoms with Gasteiger partial charge in [0, 0.05) is 12.1 Å². The van der Waals surface area contributed by atoms with Crippen LogP contribution in [-0.2, 0) is 0 Å². The van der Waals surface area contributed by atoms with Gasteiger partial charge in [0.1, 0.15) is 12.1 Å². The fourth-order valence-electron chi connectivity index (χ4n) is 1.83. The van der Waals surface area contributed by atoms with Crippen molar-refractivity contribution in [2.45, 2.75) is 38.8 Å². The molecule has 0 unspecified atom stereocenters. The fraction of sp³-hybridized carbons (Fsp3) is 0.636. The van der Waals surface area contributed by atoms with E-state index in [-0.39, 0.29) is 0 Å². The molecule has 1 saturated carbocycles. The second-order valence-corrected chi connectivity index (χ2v) is 4.16. The molecular formula is C11H18N4O. The SMILES string of the molecule is CCOc1ncnc(NC2CC(N)C2)c1C. The van der Waals surface area contributed by atoms with Crippen LogP contribution in [0.25, 0.3) is 0 Å². The van der Waals surface area contributed by atoms with E-state index < -0.39 is 0 Å². The summed E-state index contributed by atoms with van der Waals surface area (Å²) in [4.78, 5) is 8.32. The molecule has 0 bridgehead atoms. The standard InChI is InChI=1S/C11H18N4O/c1-3-16-11-7(2)10(13-6-14-11)15-9-4-8(12)5-9/h6,8-9H,3-5,12H2,1-2H3,(H,13,14,15). The van der Waals surface area contributed by atoms with Crippen LogP contribution in [0.3, 0.4) is 0 Å². The van der Waals surface area contributed by atoms with Crippen LogP contribution in [0.2, 0.25) is 0 Å². The van der Waals surface area contributed by atoms with E-state index in [1.54, 1.807) is 0 Å². The van der Waals surface area contributed by atoms with E-state index in [9.17, 15) is 0 Å². The predicted octanol–water partition coefficient (Wildman–Crippen LogP) is 1.09. The molecule has 3 N–H and O–H groups in total. The quantitative estimate of drug-likeness (QED) is 0.797. The molecule has 88 valence electrons. The van der Waals surface area contributed by atoms with Gasteiger partial charge in [0.2, 0.25) is 5.88 Å². The Kier molecular flexibility index (Phi) is 3.24. The van der Waals surface area contributed by atoms with Gasteiger partial charge in [0.15, 0.2) is 0 Å². The van der Waals surface area contributed by atoms with Gasteiger partial charge < -0.3 is 15.8 Å². The number of nitrogens with one attached hydrogen (secondary N) is 1. The Balaban J connectivity index is 2.05. The van der Waals surface area contributed by atoms with Crippen molar-refractivity contribution in [3.63, 3.8) is 0 Å². The predicted molar refractivity (Wildman–Crippen MR) is 62.6 cm³/mol. The molecular weight excluding hydrogens is 204 g/mol. The monoisotopic (exact) mass is 222 g/mol. The van der Waals surface area contributed by atoms with Gasteiger partial charge in [-0.1, -0.05) is 0 Å². The molecule has 2 rings (SSSR count). The summed E-state index contributed by atoms with van der Waals surface area (Å²) < 4.78 is 5.42. The zero-order valence-corrected chi connectivity index (χ0v) is 9.73. The van der Waals surface area contributed by atoms with Crippen LogP contribution in [0.4, 0.5) is 5.82 Å². The number of hydrogen-bond acceptors (Lipinski definition) is 5. The van der Waals surface area contributed by atoms with Crippen molar-refractivity contribution >= 4 is 5.82 Å². The topological polar surface area (TPSA) is 73.1 Å². The summed E-state index contributed by atoms with van der Waals surface area (Å²) in [6.07, 6.45) is 3.54. The maximum Gasteiger partial charge on any atom is 0.221 e. The molecule has 1 aromatic rings. The Morgan fingerprint density at radius 1 is 1.50 bits per heavy atom. The first-order chi connectivity index (χ1) is 7.70. The van der Waals surface area contributed by atoms with Crippen molar-refractivity contribution in [2.75, 3.05) is 11.9 Å². The third-order valence-corrected chi connectivity index (χ3v) is 2.83. The van der Waals surface area contributed by atoms with Gasteiger partial charge in [0.25, 0.3) is 0 Å². The van der Waals surface area contributed by atoms with E-state index in [1.165, 1.54) is 6.33 Å². The van der Waals surface area contributed by atoms with Gasteiger partial charge in [-0.15, -0.1) is 0 Å². The Morgan fingerprint density at radius 2 is 2.25 bits per heavy atom. The van der Waals surface area contributed by atoms with Gasteiger partial charge in [-0.2, -0.15) is 0 Å². The van der Waals surface area contributed by atoms with Crippen molar-refractivity contribution < 1.29 is 4.74 Å². The molecule has 0 atom stereocenters. The zero-order valence-electron chi connectivity index (χ0n) is 9.73. The number of nitrogens with zero attached hydrogens (tertiary/aromatic N) is 2. The lowest BCUT2D eigenvalue weighted by Crippen LogP contribution is -2.44. The highest BCUT2D eigenvalue weighted by atomic mass is 16.5. The molecule has 0 aromatic carbocycles. The van der Waals surface area contributed by atoms with Gasteiger partial charge in [-0.25, -0.2) is 9.97 Å². The molecule has 0 amide bonds. The Morgan fingerprint density at radius 3 is 2.88 bits per heavy atom. The first-order valence-electron chi connectivity index (χ1n) is 5.67. The van der Waals surface area contributed by atoms with Gasteiger partial charge in [-0.05, 0) is 26.7 Å². The first-order valence-corrected chi connectivity index (χ1v) is 5.67. The molecule has 0 saturated heterocycles. The van der Waals surface area contributed by atoms with Crippen LogP contribution >= 0.6 is 0 Å². The summed E-state index contributed by atoms with van der Waals surface area (Å²) in [7, 11) is 0. The normalized spacial score (nSPS) is 23.7. The lowest BCUT2D eigenvalue weighted by atomic mass is 9.87. The van der Waals surface area contributed by atoms with E-state index in [4.69, 9.17) is 10.5 Å². The number of nitrogens with two attached hydrogens (primary N) is 1. The summed E-state index contributed by atoms with van der Waals surface area (Å²) in [5.74, 6) is 1.51. The van der Waals surface area contributed by atoms with E-state index in [0.29, 0.717) is 24.6 Å². The molecule has 0 aliphatic heterocycles. The summed E-state index contributed by atoms with van der Waals surface area (Å²) in [5, 5.41) is 3.36. The zero-order chi connectivity index (χ0) is 11.5. The highest BCUT2D eigenvalue weighted by molar-refractivity contribution is 5.48. The van der Waals surface area contributed by atoms with Crippen LogP contribution in [0.5, 0.6) is 5.88 Å². The van der Waals surface area contributed by atoms with Crippen molar-refractivity contribution in [1.82, 2.24) is 9.97 Å². The van der Waals surface area contributed by atoms with Crippen molar-refractivity contribution in [1.29, 1.82) is 0 Å². The second-order valence-electron chi connectivity index (χ2n) is 4.16. The van der Waals surface area contributed by atoms with E-state index >= 15 is 0 Å². The highest BCUT2D eigenvalue weighted by Crippen LogP contribution is 2.26. The molecule has 1 aliphatic carbocycles. The molecule has 1 fully saturated rings. The Bertz CT molecular complexity index is 363. The maximum absolute atomic E-state index is 5.74. The van der Waals surface area contributed by atoms with Crippen molar-refractivity contribution in [2.24, 2.45) is 5.73 Å². The molecule has 0 spiro atoms. The fourth-order valence-corrected chi connectivity index (χ4v) is 1.83. The molecule has 1 aliphatic rings. The molecule has 1 heterocycles. The van der Waals surface area contributed by atoms with Crippen molar-refractivity contribution in [3.05, 3.63) is 11.9 Å². The molecule has 1 aromatic heterocycles. The number of anilines is 1. The lowest BCUT2D eigenvalue weighted by molar-refractivity contribution is 0.323. The van der Waals surface area contributed by atoms with Gasteiger partial charge >= 0.3 is 0 Å². The molecule has 0 radical (unpaired) electrons. The average Bonchev–Trinajstić information content (AvgIpc) is 2.22. The highest BCUT2D eigenvalue weighted by Gasteiger charge is 2.26. The first kappa shape index (κ1) is 11.1. The van der Waals surface area contributed by atoms with Crippen LogP contribution in [-0.4, -0.2) is 28.7 Å². The second kappa shape index (κ2) is 4.65. The van der Waals surface area contributed by atoms with Crippen LogP contribution in [0.1, 0.15) is 25.3 Å². The maximum atomic E-state index is 5.74. The third-order valence-electron chi connectivity index (χ3n) is 2.83. The molecule has 5 nitrogen and oxygen atoms in total. The smallest absolute Gasteiger partial charge is 0.221 e. The van der Waals surface area contributed by atoms with E-state index in [2.05, 4.69) is 15.3 Å². The summed E-state index contributed by atoms with van der Waals surface area (Å²) in [6, 6.07) is 0.782. The number of rotatable bonds is 4. The van der Waals surface area contributed by atoms with E-state index in [1.807, 2.05) is 13.8 Å².